The minimum absolute atomic E-state index is 0.287. The van der Waals surface area contributed by atoms with E-state index in [4.69, 9.17) is 14.4 Å². The second-order valence-corrected chi connectivity index (χ2v) is 12.2. The van der Waals surface area contributed by atoms with Crippen molar-refractivity contribution < 1.29 is 4.42 Å². The van der Waals surface area contributed by atoms with Gasteiger partial charge in [-0.05, 0) is 46.7 Å². The highest BCUT2D eigenvalue weighted by Crippen LogP contribution is 2.40. The molecule has 0 saturated heterocycles. The molecule has 9 aromatic rings. The molecule has 0 saturated carbocycles. The van der Waals surface area contributed by atoms with Gasteiger partial charge in [-0.15, -0.1) is 0 Å². The minimum Gasteiger partial charge on any atom is -0.454 e. The van der Waals surface area contributed by atoms with E-state index < -0.39 is 0 Å². The predicted octanol–water partition coefficient (Wildman–Crippen LogP) is 10.3. The molecule has 0 amide bonds. The van der Waals surface area contributed by atoms with Gasteiger partial charge in [0.1, 0.15) is 17.6 Å². The molecule has 1 N–H and O–H groups in total. The van der Waals surface area contributed by atoms with Crippen molar-refractivity contribution in [2.24, 2.45) is 9.98 Å². The summed E-state index contributed by atoms with van der Waals surface area (Å²) >= 11 is 0. The molecule has 10 rings (SSSR count). The Kier molecular flexibility index (Phi) is 5.87. The van der Waals surface area contributed by atoms with Crippen LogP contribution in [0.15, 0.2) is 172 Å². The van der Waals surface area contributed by atoms with Crippen molar-refractivity contribution in [3.63, 3.8) is 0 Å². The van der Waals surface area contributed by atoms with Gasteiger partial charge in [0.05, 0.1) is 16.7 Å². The fourth-order valence-electron chi connectivity index (χ4n) is 7.23. The number of aliphatic imine (C=N–C) groups is 2. The first-order valence-corrected chi connectivity index (χ1v) is 16.2. The predicted molar refractivity (Wildman–Crippen MR) is 197 cm³/mol. The normalized spacial score (nSPS) is 14.9. The molecule has 7 aromatic carbocycles. The molecular weight excluding hydrogens is 589 g/mol. The lowest BCUT2D eigenvalue weighted by Gasteiger charge is -2.23. The second kappa shape index (κ2) is 10.5. The van der Waals surface area contributed by atoms with Gasteiger partial charge in [-0.3, -0.25) is 0 Å². The molecule has 5 heteroatoms. The van der Waals surface area contributed by atoms with Gasteiger partial charge in [-0.25, -0.2) is 9.98 Å². The highest BCUT2D eigenvalue weighted by molar-refractivity contribution is 6.23. The van der Waals surface area contributed by atoms with Crippen molar-refractivity contribution in [1.29, 1.82) is 0 Å². The number of hydrogen-bond donors (Lipinski definition) is 1. The fraction of sp³-hybridized carbons (Fsp3) is 0.0233. The van der Waals surface area contributed by atoms with Crippen molar-refractivity contribution in [3.05, 3.63) is 174 Å². The van der Waals surface area contributed by atoms with Crippen LogP contribution in [0.5, 0.6) is 0 Å². The number of aromatic nitrogens is 1. The zero-order valence-electron chi connectivity index (χ0n) is 25.8. The highest BCUT2D eigenvalue weighted by Gasteiger charge is 2.24. The van der Waals surface area contributed by atoms with E-state index in [2.05, 4.69) is 119 Å². The lowest BCUT2D eigenvalue weighted by Crippen LogP contribution is -2.33. The first kappa shape index (κ1) is 26.7. The van der Waals surface area contributed by atoms with Crippen LogP contribution in [0, 0.1) is 0 Å². The van der Waals surface area contributed by atoms with Crippen LogP contribution in [0.25, 0.3) is 60.2 Å². The third-order valence-electron chi connectivity index (χ3n) is 9.43. The number of fused-ring (bicyclic) bond motifs is 7. The van der Waals surface area contributed by atoms with Crippen LogP contribution in [0.3, 0.4) is 0 Å². The number of nitrogens with one attached hydrogen (secondary N) is 1. The largest absolute Gasteiger partial charge is 0.454 e. The van der Waals surface area contributed by atoms with Crippen molar-refractivity contribution >= 4 is 66.2 Å². The Bertz CT molecular complexity index is 2750. The quantitative estimate of drug-likeness (QED) is 0.214. The van der Waals surface area contributed by atoms with E-state index in [1.54, 1.807) is 0 Å². The standard InChI is InChI=1S/C43H28N4O/c1-3-13-27(14-4-1)41-44-42(28-15-5-2-6-16-28)46-43(45-41)33-21-12-24-38-39(33)32-20-11-23-36(40(32)48-38)47-35-22-10-9-19-31(35)34-25-29-17-7-8-18-30(29)26-37(34)47/h1-26,41H,(H,44,45,46). The van der Waals surface area contributed by atoms with Gasteiger partial charge >= 0.3 is 0 Å². The molecule has 1 atom stereocenters. The van der Waals surface area contributed by atoms with Crippen molar-refractivity contribution in [1.82, 2.24) is 9.88 Å². The Labute approximate surface area is 276 Å². The van der Waals surface area contributed by atoms with Crippen LogP contribution in [-0.4, -0.2) is 16.2 Å². The number of para-hydroxylation sites is 2. The summed E-state index contributed by atoms with van der Waals surface area (Å²) in [4.78, 5) is 10.3. The summed E-state index contributed by atoms with van der Waals surface area (Å²) in [6.45, 7) is 0. The minimum atomic E-state index is -0.287. The summed E-state index contributed by atoms with van der Waals surface area (Å²) in [5.74, 6) is 1.46. The Morgan fingerprint density at radius 2 is 1.29 bits per heavy atom. The maximum atomic E-state index is 6.81. The zero-order valence-corrected chi connectivity index (χ0v) is 25.8. The number of hydrogen-bond acceptors (Lipinski definition) is 4. The van der Waals surface area contributed by atoms with Gasteiger partial charge in [0.15, 0.2) is 11.4 Å². The lowest BCUT2D eigenvalue weighted by molar-refractivity contribution is 0.666. The number of rotatable bonds is 4. The molecule has 226 valence electrons. The molecule has 48 heavy (non-hydrogen) atoms. The van der Waals surface area contributed by atoms with Crippen LogP contribution >= 0.6 is 0 Å². The van der Waals surface area contributed by atoms with Crippen LogP contribution in [0.1, 0.15) is 22.9 Å². The van der Waals surface area contributed by atoms with E-state index in [0.29, 0.717) is 5.84 Å². The van der Waals surface area contributed by atoms with Crippen LogP contribution in [0.2, 0.25) is 0 Å². The van der Waals surface area contributed by atoms with Crippen molar-refractivity contribution in [2.75, 3.05) is 0 Å². The summed E-state index contributed by atoms with van der Waals surface area (Å²) in [6, 6.07) is 54.9. The van der Waals surface area contributed by atoms with E-state index in [1.807, 2.05) is 48.5 Å². The van der Waals surface area contributed by atoms with Gasteiger partial charge in [-0.1, -0.05) is 127 Å². The monoisotopic (exact) mass is 616 g/mol. The lowest BCUT2D eigenvalue weighted by atomic mass is 10.0. The maximum absolute atomic E-state index is 6.81. The molecule has 5 nitrogen and oxygen atoms in total. The van der Waals surface area contributed by atoms with E-state index in [-0.39, 0.29) is 6.17 Å². The maximum Gasteiger partial charge on any atom is 0.160 e. The first-order valence-electron chi connectivity index (χ1n) is 16.2. The topological polar surface area (TPSA) is 54.8 Å². The average Bonchev–Trinajstić information content (AvgIpc) is 3.70. The van der Waals surface area contributed by atoms with E-state index >= 15 is 0 Å². The molecule has 1 aliphatic rings. The summed E-state index contributed by atoms with van der Waals surface area (Å²) in [5, 5.41) is 10.5. The second-order valence-electron chi connectivity index (χ2n) is 12.2. The Balaban J connectivity index is 1.22. The highest BCUT2D eigenvalue weighted by atomic mass is 16.3. The molecule has 0 spiro atoms. The number of amidine groups is 2. The van der Waals surface area contributed by atoms with E-state index in [9.17, 15) is 0 Å². The third-order valence-corrected chi connectivity index (χ3v) is 9.43. The van der Waals surface area contributed by atoms with Gasteiger partial charge in [0.2, 0.25) is 0 Å². The number of furan rings is 1. The molecule has 1 unspecified atom stereocenters. The molecule has 1 aliphatic heterocycles. The zero-order chi connectivity index (χ0) is 31.6. The summed E-state index contributed by atoms with van der Waals surface area (Å²) in [5.41, 5.74) is 7.94. The van der Waals surface area contributed by atoms with Gasteiger partial charge in [-0.2, -0.15) is 0 Å². The van der Waals surface area contributed by atoms with Crippen LogP contribution < -0.4 is 5.32 Å². The Morgan fingerprint density at radius 1 is 0.583 bits per heavy atom. The fourth-order valence-corrected chi connectivity index (χ4v) is 7.23. The smallest absolute Gasteiger partial charge is 0.160 e. The van der Waals surface area contributed by atoms with Gasteiger partial charge < -0.3 is 14.3 Å². The molecular formula is C43H28N4O. The Morgan fingerprint density at radius 3 is 2.15 bits per heavy atom. The van der Waals surface area contributed by atoms with Gasteiger partial charge in [0, 0.05) is 32.7 Å². The summed E-state index contributed by atoms with van der Waals surface area (Å²) in [6.07, 6.45) is -0.287. The molecule has 0 fully saturated rings. The van der Waals surface area contributed by atoms with E-state index in [1.165, 1.54) is 21.5 Å². The van der Waals surface area contributed by atoms with Crippen molar-refractivity contribution in [3.8, 4) is 5.69 Å². The molecule has 0 radical (unpaired) electrons. The molecule has 2 aromatic heterocycles. The molecule has 0 bridgehead atoms. The average molecular weight is 617 g/mol. The first-order chi connectivity index (χ1) is 23.8. The Hall–Kier alpha value is -6.46. The number of nitrogens with zero attached hydrogens (tertiary/aromatic N) is 3. The van der Waals surface area contributed by atoms with Gasteiger partial charge in [0.25, 0.3) is 0 Å². The van der Waals surface area contributed by atoms with E-state index in [0.717, 1.165) is 61.2 Å². The molecule has 0 aliphatic carbocycles. The van der Waals surface area contributed by atoms with Crippen molar-refractivity contribution in [2.45, 2.75) is 6.17 Å². The summed E-state index contributed by atoms with van der Waals surface area (Å²) in [7, 11) is 0. The SMILES string of the molecule is c1ccc(C2=NC(c3cccc4oc5c(-n6c7ccccc7c7cc8ccccc8cc76)cccc5c34)=NC(c3ccccc3)N2)cc1. The molecule has 3 heterocycles. The third kappa shape index (κ3) is 4.11. The van der Waals surface area contributed by atoms with Crippen LogP contribution in [0.4, 0.5) is 0 Å². The van der Waals surface area contributed by atoms with Crippen LogP contribution in [-0.2, 0) is 0 Å². The summed E-state index contributed by atoms with van der Waals surface area (Å²) < 4.78 is 9.16. The number of benzene rings is 7.